The molecule has 1 aromatic heterocycles. The normalized spacial score (nSPS) is 23.1. The second-order valence-corrected chi connectivity index (χ2v) is 8.13. The second-order valence-electron chi connectivity index (χ2n) is 4.84. The van der Waals surface area contributed by atoms with Crippen LogP contribution in [0.3, 0.4) is 0 Å². The summed E-state index contributed by atoms with van der Waals surface area (Å²) in [5, 5.41) is 13.0. The molecule has 2 rings (SSSR count). The highest BCUT2D eigenvalue weighted by atomic mass is 32.2. The van der Waals surface area contributed by atoms with Crippen LogP contribution in [0, 0.1) is 5.92 Å². The average molecular weight is 275 g/mol. The van der Waals surface area contributed by atoms with Gasteiger partial charge in [-0.1, -0.05) is 25.2 Å². The maximum absolute atomic E-state index is 11.3. The molecule has 1 N–H and O–H groups in total. The lowest BCUT2D eigenvalue weighted by molar-refractivity contribution is 0.602. The minimum absolute atomic E-state index is 0.000139. The third-order valence-corrected chi connectivity index (χ3v) is 5.25. The molecule has 1 aliphatic rings. The zero-order valence-corrected chi connectivity index (χ0v) is 11.6. The third kappa shape index (κ3) is 3.64. The van der Waals surface area contributed by atoms with Crippen LogP contribution in [0.25, 0.3) is 0 Å². The van der Waals surface area contributed by atoms with Crippen molar-refractivity contribution in [2.75, 3.05) is 16.8 Å². The Balaban J connectivity index is 1.93. The van der Waals surface area contributed by atoms with Gasteiger partial charge in [0.2, 0.25) is 5.13 Å². The van der Waals surface area contributed by atoms with Gasteiger partial charge in [-0.3, -0.25) is 0 Å². The Labute approximate surface area is 106 Å². The molecule has 1 aliphatic heterocycles. The lowest BCUT2D eigenvalue weighted by atomic mass is 10.1. The number of sulfone groups is 1. The second kappa shape index (κ2) is 4.89. The molecule has 5 nitrogen and oxygen atoms in total. The summed E-state index contributed by atoms with van der Waals surface area (Å²) in [6.45, 7) is 4.27. The fourth-order valence-corrected chi connectivity index (χ4v) is 4.53. The number of nitrogens with zero attached hydrogens (tertiary/aromatic N) is 2. The molecule has 17 heavy (non-hydrogen) atoms. The molecule has 1 atom stereocenters. The first-order valence-corrected chi connectivity index (χ1v) is 8.38. The topological polar surface area (TPSA) is 72.0 Å². The Morgan fingerprint density at radius 3 is 2.82 bits per heavy atom. The van der Waals surface area contributed by atoms with Crippen LogP contribution in [-0.2, 0) is 16.3 Å². The standard InChI is InChI=1S/C10H17N3O2S2/c1-7(2)5-9-12-13-10(16-9)11-8-3-4-17(14,15)6-8/h7-8H,3-6H2,1-2H3,(H,11,13). The molecule has 7 heteroatoms. The fourth-order valence-electron chi connectivity index (χ4n) is 1.83. The molecule has 0 aromatic carbocycles. The van der Waals surface area contributed by atoms with E-state index in [1.807, 2.05) is 0 Å². The van der Waals surface area contributed by atoms with Crippen molar-refractivity contribution in [3.05, 3.63) is 5.01 Å². The summed E-state index contributed by atoms with van der Waals surface area (Å²) in [5.74, 6) is 1.05. The summed E-state index contributed by atoms with van der Waals surface area (Å²) in [4.78, 5) is 0. The van der Waals surface area contributed by atoms with Gasteiger partial charge in [0.25, 0.3) is 0 Å². The van der Waals surface area contributed by atoms with E-state index in [1.165, 1.54) is 11.3 Å². The minimum atomic E-state index is -2.83. The number of hydrogen-bond donors (Lipinski definition) is 1. The number of anilines is 1. The van der Waals surface area contributed by atoms with Crippen molar-refractivity contribution in [1.29, 1.82) is 0 Å². The van der Waals surface area contributed by atoms with E-state index in [0.717, 1.165) is 16.6 Å². The molecule has 1 fully saturated rings. The van der Waals surface area contributed by atoms with Crippen molar-refractivity contribution in [1.82, 2.24) is 10.2 Å². The summed E-state index contributed by atoms with van der Waals surface area (Å²) in [6.07, 6.45) is 1.59. The molecule has 0 bridgehead atoms. The molecular weight excluding hydrogens is 258 g/mol. The molecule has 1 unspecified atom stereocenters. The van der Waals surface area contributed by atoms with E-state index in [-0.39, 0.29) is 17.5 Å². The van der Waals surface area contributed by atoms with E-state index < -0.39 is 9.84 Å². The maximum atomic E-state index is 11.3. The SMILES string of the molecule is CC(C)Cc1nnc(NC2CCS(=O)(=O)C2)s1. The molecule has 96 valence electrons. The van der Waals surface area contributed by atoms with Gasteiger partial charge in [-0.15, -0.1) is 10.2 Å². The number of aromatic nitrogens is 2. The van der Waals surface area contributed by atoms with E-state index in [4.69, 9.17) is 0 Å². The summed E-state index contributed by atoms with van der Waals surface area (Å²) in [6, 6.07) is -0.000139. The highest BCUT2D eigenvalue weighted by molar-refractivity contribution is 7.91. The Morgan fingerprint density at radius 2 is 2.24 bits per heavy atom. The van der Waals surface area contributed by atoms with Crippen molar-refractivity contribution in [3.63, 3.8) is 0 Å². The quantitative estimate of drug-likeness (QED) is 0.897. The first-order valence-electron chi connectivity index (χ1n) is 5.74. The van der Waals surface area contributed by atoms with Gasteiger partial charge in [0.1, 0.15) is 5.01 Å². The molecule has 0 radical (unpaired) electrons. The summed E-state index contributed by atoms with van der Waals surface area (Å²) in [5.41, 5.74) is 0. The van der Waals surface area contributed by atoms with E-state index in [0.29, 0.717) is 12.3 Å². The smallest absolute Gasteiger partial charge is 0.205 e. The maximum Gasteiger partial charge on any atom is 0.205 e. The molecule has 1 aromatic rings. The fraction of sp³-hybridized carbons (Fsp3) is 0.800. The number of nitrogens with one attached hydrogen (secondary N) is 1. The summed E-state index contributed by atoms with van der Waals surface area (Å²) in [7, 11) is -2.83. The van der Waals surface area contributed by atoms with Crippen LogP contribution >= 0.6 is 11.3 Å². The highest BCUT2D eigenvalue weighted by Crippen LogP contribution is 2.22. The van der Waals surface area contributed by atoms with E-state index in [9.17, 15) is 8.42 Å². The van der Waals surface area contributed by atoms with E-state index in [2.05, 4.69) is 29.4 Å². The van der Waals surface area contributed by atoms with Crippen LogP contribution < -0.4 is 5.32 Å². The molecule has 0 spiro atoms. The Morgan fingerprint density at radius 1 is 1.47 bits per heavy atom. The first-order chi connectivity index (χ1) is 7.94. The van der Waals surface area contributed by atoms with Crippen molar-refractivity contribution in [2.45, 2.75) is 32.7 Å². The Hall–Kier alpha value is -0.690. The van der Waals surface area contributed by atoms with Crippen LogP contribution in [0.2, 0.25) is 0 Å². The van der Waals surface area contributed by atoms with Gasteiger partial charge in [-0.25, -0.2) is 8.42 Å². The molecule has 2 heterocycles. The van der Waals surface area contributed by atoms with Gasteiger partial charge in [0.05, 0.1) is 11.5 Å². The van der Waals surface area contributed by atoms with Gasteiger partial charge in [0.15, 0.2) is 9.84 Å². The van der Waals surface area contributed by atoms with Crippen molar-refractivity contribution >= 4 is 26.3 Å². The monoisotopic (exact) mass is 275 g/mol. The predicted octanol–water partition coefficient (Wildman–Crippen LogP) is 1.34. The summed E-state index contributed by atoms with van der Waals surface area (Å²) >= 11 is 1.52. The molecule has 0 saturated carbocycles. The van der Waals surface area contributed by atoms with E-state index in [1.54, 1.807) is 0 Å². The van der Waals surface area contributed by atoms with Gasteiger partial charge >= 0.3 is 0 Å². The van der Waals surface area contributed by atoms with Crippen LogP contribution in [0.4, 0.5) is 5.13 Å². The van der Waals surface area contributed by atoms with Crippen molar-refractivity contribution in [3.8, 4) is 0 Å². The zero-order valence-electron chi connectivity index (χ0n) is 10.0. The third-order valence-electron chi connectivity index (χ3n) is 2.61. The first kappa shape index (κ1) is 12.8. The van der Waals surface area contributed by atoms with Crippen molar-refractivity contribution < 1.29 is 8.42 Å². The molecule has 1 saturated heterocycles. The van der Waals surface area contributed by atoms with Gasteiger partial charge < -0.3 is 5.32 Å². The predicted molar refractivity (Wildman–Crippen MR) is 69.1 cm³/mol. The number of hydrogen-bond acceptors (Lipinski definition) is 6. The largest absolute Gasteiger partial charge is 0.356 e. The van der Waals surface area contributed by atoms with Gasteiger partial charge in [-0.2, -0.15) is 0 Å². The highest BCUT2D eigenvalue weighted by Gasteiger charge is 2.28. The van der Waals surface area contributed by atoms with E-state index >= 15 is 0 Å². The number of rotatable bonds is 4. The van der Waals surface area contributed by atoms with Gasteiger partial charge in [-0.05, 0) is 12.3 Å². The lowest BCUT2D eigenvalue weighted by Gasteiger charge is -2.07. The van der Waals surface area contributed by atoms with Crippen LogP contribution in [0.1, 0.15) is 25.3 Å². The van der Waals surface area contributed by atoms with Gasteiger partial charge in [0, 0.05) is 12.5 Å². The Bertz CT molecular complexity index is 481. The van der Waals surface area contributed by atoms with Crippen LogP contribution in [-0.4, -0.2) is 36.2 Å². The summed E-state index contributed by atoms with van der Waals surface area (Å²) < 4.78 is 22.6. The molecular formula is C10H17N3O2S2. The zero-order chi connectivity index (χ0) is 12.5. The molecule has 0 aliphatic carbocycles. The van der Waals surface area contributed by atoms with Crippen LogP contribution in [0.15, 0.2) is 0 Å². The average Bonchev–Trinajstić information content (AvgIpc) is 2.73. The minimum Gasteiger partial charge on any atom is -0.356 e. The van der Waals surface area contributed by atoms with Crippen LogP contribution in [0.5, 0.6) is 0 Å². The molecule has 0 amide bonds. The lowest BCUT2D eigenvalue weighted by Crippen LogP contribution is -2.20. The Kier molecular flexibility index (Phi) is 3.67. The van der Waals surface area contributed by atoms with Crippen molar-refractivity contribution in [2.24, 2.45) is 5.92 Å².